The van der Waals surface area contributed by atoms with Gasteiger partial charge in [0.2, 0.25) is 11.9 Å². The lowest BCUT2D eigenvalue weighted by atomic mass is 10.3. The molecule has 0 bridgehead atoms. The monoisotopic (exact) mass is 249 g/mol. The van der Waals surface area contributed by atoms with Gasteiger partial charge >= 0.3 is 0 Å². The summed E-state index contributed by atoms with van der Waals surface area (Å²) in [7, 11) is 0. The Bertz CT molecular complexity index is 408. The fourth-order valence-electron chi connectivity index (χ4n) is 2.10. The van der Waals surface area contributed by atoms with E-state index in [4.69, 9.17) is 5.73 Å². The third kappa shape index (κ3) is 3.32. The Kier molecular flexibility index (Phi) is 3.96. The van der Waals surface area contributed by atoms with Gasteiger partial charge in [0.1, 0.15) is 5.82 Å². The molecule has 1 amide bonds. The molecule has 2 heterocycles. The lowest BCUT2D eigenvalue weighted by Crippen LogP contribution is -2.29. The first-order chi connectivity index (χ1) is 8.65. The van der Waals surface area contributed by atoms with Crippen molar-refractivity contribution in [2.75, 3.05) is 30.7 Å². The van der Waals surface area contributed by atoms with E-state index < -0.39 is 0 Å². The van der Waals surface area contributed by atoms with Crippen LogP contribution in [0.3, 0.4) is 0 Å². The highest BCUT2D eigenvalue weighted by Crippen LogP contribution is 2.10. The number of aryl methyl sites for hydroxylation is 1. The molecule has 2 rings (SSSR count). The summed E-state index contributed by atoms with van der Waals surface area (Å²) in [4.78, 5) is 21.8. The van der Waals surface area contributed by atoms with Crippen LogP contribution >= 0.6 is 0 Å². The van der Waals surface area contributed by atoms with E-state index in [1.807, 2.05) is 17.9 Å². The Morgan fingerprint density at radius 2 is 2.17 bits per heavy atom. The molecule has 0 unspecified atom stereocenters. The van der Waals surface area contributed by atoms with Crippen molar-refractivity contribution in [1.29, 1.82) is 0 Å². The van der Waals surface area contributed by atoms with Crippen molar-refractivity contribution in [2.45, 2.75) is 26.2 Å². The van der Waals surface area contributed by atoms with Crippen molar-refractivity contribution in [3.05, 3.63) is 11.8 Å². The van der Waals surface area contributed by atoms with Gasteiger partial charge in [-0.25, -0.2) is 4.98 Å². The molecule has 6 heteroatoms. The lowest BCUT2D eigenvalue weighted by Gasteiger charge is -2.15. The molecule has 0 saturated carbocycles. The zero-order valence-corrected chi connectivity index (χ0v) is 10.6. The van der Waals surface area contributed by atoms with Crippen LogP contribution in [-0.4, -0.2) is 40.4 Å². The molecule has 98 valence electrons. The van der Waals surface area contributed by atoms with E-state index in [1.165, 1.54) is 0 Å². The molecule has 3 N–H and O–H groups in total. The highest BCUT2D eigenvalue weighted by molar-refractivity contribution is 5.76. The molecule has 0 atom stereocenters. The molecule has 6 nitrogen and oxygen atoms in total. The molecule has 1 aromatic rings. The maximum Gasteiger partial charge on any atom is 0.224 e. The number of amides is 1. The molecular weight excluding hydrogens is 230 g/mol. The quantitative estimate of drug-likeness (QED) is 0.824. The zero-order chi connectivity index (χ0) is 13.0. The number of nitrogens with two attached hydrogens (primary N) is 1. The molecular formula is C12H19N5O. The number of rotatable bonds is 4. The number of hydrogen-bond donors (Lipinski definition) is 2. The second kappa shape index (κ2) is 5.66. The second-order valence-electron chi connectivity index (χ2n) is 4.52. The van der Waals surface area contributed by atoms with Crippen molar-refractivity contribution in [2.24, 2.45) is 0 Å². The highest BCUT2D eigenvalue weighted by Gasteiger charge is 2.16. The van der Waals surface area contributed by atoms with Crippen molar-refractivity contribution in [3.63, 3.8) is 0 Å². The molecule has 18 heavy (non-hydrogen) atoms. The minimum Gasteiger partial charge on any atom is -0.369 e. The average molecular weight is 249 g/mol. The van der Waals surface area contributed by atoms with Crippen LogP contribution < -0.4 is 11.1 Å². The van der Waals surface area contributed by atoms with E-state index in [0.29, 0.717) is 18.8 Å². The molecule has 0 radical (unpaired) electrons. The van der Waals surface area contributed by atoms with Crippen LogP contribution in [0.25, 0.3) is 0 Å². The Morgan fingerprint density at radius 1 is 1.44 bits per heavy atom. The summed E-state index contributed by atoms with van der Waals surface area (Å²) < 4.78 is 0. The van der Waals surface area contributed by atoms with Gasteiger partial charge in [-0.3, -0.25) is 4.79 Å². The van der Waals surface area contributed by atoms with Crippen molar-refractivity contribution < 1.29 is 4.79 Å². The molecule has 0 spiro atoms. The number of hydrogen-bond acceptors (Lipinski definition) is 5. The molecule has 1 saturated heterocycles. The van der Waals surface area contributed by atoms with E-state index in [1.54, 1.807) is 0 Å². The number of anilines is 2. The minimum absolute atomic E-state index is 0.207. The van der Waals surface area contributed by atoms with Crippen LogP contribution in [0.1, 0.15) is 25.0 Å². The summed E-state index contributed by atoms with van der Waals surface area (Å²) in [6, 6.07) is 1.82. The van der Waals surface area contributed by atoms with Gasteiger partial charge in [-0.05, 0) is 19.8 Å². The standard InChI is InChI=1S/C12H19N5O/c1-9-8-10(16-12(13)15-9)14-5-4-11(18)17-6-2-3-7-17/h8H,2-7H2,1H3,(H3,13,14,15,16). The topological polar surface area (TPSA) is 84.1 Å². The number of nitrogens with zero attached hydrogens (tertiary/aromatic N) is 3. The summed E-state index contributed by atoms with van der Waals surface area (Å²) >= 11 is 0. The molecule has 0 aromatic carbocycles. The second-order valence-corrected chi connectivity index (χ2v) is 4.52. The zero-order valence-electron chi connectivity index (χ0n) is 10.6. The summed E-state index contributed by atoms with van der Waals surface area (Å²) in [5.74, 6) is 1.14. The van der Waals surface area contributed by atoms with E-state index in [0.717, 1.165) is 31.6 Å². The third-order valence-corrected chi connectivity index (χ3v) is 2.98. The first-order valence-electron chi connectivity index (χ1n) is 6.28. The van der Waals surface area contributed by atoms with Crippen LogP contribution in [0.5, 0.6) is 0 Å². The lowest BCUT2D eigenvalue weighted by molar-refractivity contribution is -0.129. The van der Waals surface area contributed by atoms with Crippen LogP contribution in [0.2, 0.25) is 0 Å². The molecule has 1 aromatic heterocycles. The fraction of sp³-hybridized carbons (Fsp3) is 0.583. The number of likely N-dealkylation sites (tertiary alicyclic amines) is 1. The number of nitrogen functional groups attached to an aromatic ring is 1. The van der Waals surface area contributed by atoms with Crippen LogP contribution in [-0.2, 0) is 4.79 Å². The van der Waals surface area contributed by atoms with Crippen molar-refractivity contribution in [1.82, 2.24) is 14.9 Å². The van der Waals surface area contributed by atoms with E-state index >= 15 is 0 Å². The number of nitrogens with one attached hydrogen (secondary N) is 1. The van der Waals surface area contributed by atoms with Gasteiger partial charge in [0.15, 0.2) is 0 Å². The van der Waals surface area contributed by atoms with Gasteiger partial charge in [0.05, 0.1) is 0 Å². The van der Waals surface area contributed by atoms with E-state index in [-0.39, 0.29) is 11.9 Å². The summed E-state index contributed by atoms with van der Waals surface area (Å²) in [6.07, 6.45) is 2.74. The van der Waals surface area contributed by atoms with Crippen molar-refractivity contribution >= 4 is 17.7 Å². The van der Waals surface area contributed by atoms with Gasteiger partial charge in [0, 0.05) is 37.8 Å². The molecule has 1 aliphatic heterocycles. The first-order valence-corrected chi connectivity index (χ1v) is 6.28. The number of carbonyl (C=O) groups excluding carboxylic acids is 1. The number of carbonyl (C=O) groups is 1. The molecule has 1 aliphatic rings. The van der Waals surface area contributed by atoms with Gasteiger partial charge in [-0.15, -0.1) is 0 Å². The smallest absolute Gasteiger partial charge is 0.224 e. The van der Waals surface area contributed by atoms with Gasteiger partial charge in [0.25, 0.3) is 0 Å². The van der Waals surface area contributed by atoms with E-state index in [9.17, 15) is 4.79 Å². The SMILES string of the molecule is Cc1cc(NCCC(=O)N2CCCC2)nc(N)n1. The van der Waals surface area contributed by atoms with Gasteiger partial charge < -0.3 is 16.0 Å². The first kappa shape index (κ1) is 12.6. The van der Waals surface area contributed by atoms with Gasteiger partial charge in [-0.1, -0.05) is 0 Å². The van der Waals surface area contributed by atoms with Crippen molar-refractivity contribution in [3.8, 4) is 0 Å². The minimum atomic E-state index is 0.207. The Hall–Kier alpha value is -1.85. The van der Waals surface area contributed by atoms with Crippen LogP contribution in [0.4, 0.5) is 11.8 Å². The highest BCUT2D eigenvalue weighted by atomic mass is 16.2. The Balaban J connectivity index is 1.79. The normalized spacial score (nSPS) is 14.8. The maximum atomic E-state index is 11.8. The predicted octanol–water partition coefficient (Wildman–Crippen LogP) is 0.792. The fourth-order valence-corrected chi connectivity index (χ4v) is 2.10. The van der Waals surface area contributed by atoms with Crippen LogP contribution in [0.15, 0.2) is 6.07 Å². The molecule has 0 aliphatic carbocycles. The summed E-state index contributed by atoms with van der Waals surface area (Å²) in [5, 5.41) is 3.10. The van der Waals surface area contributed by atoms with Crippen LogP contribution in [0, 0.1) is 6.92 Å². The third-order valence-electron chi connectivity index (χ3n) is 2.98. The van der Waals surface area contributed by atoms with Gasteiger partial charge in [-0.2, -0.15) is 4.98 Å². The summed E-state index contributed by atoms with van der Waals surface area (Å²) in [6.45, 7) is 4.24. The maximum absolute atomic E-state index is 11.8. The molecule has 1 fully saturated rings. The summed E-state index contributed by atoms with van der Waals surface area (Å²) in [5.41, 5.74) is 6.37. The largest absolute Gasteiger partial charge is 0.369 e. The number of aromatic nitrogens is 2. The Morgan fingerprint density at radius 3 is 2.83 bits per heavy atom. The van der Waals surface area contributed by atoms with E-state index in [2.05, 4.69) is 15.3 Å². The average Bonchev–Trinajstić information content (AvgIpc) is 2.80. The Labute approximate surface area is 107 Å². The predicted molar refractivity (Wildman–Crippen MR) is 70.1 cm³/mol.